The van der Waals surface area contributed by atoms with Gasteiger partial charge in [-0.1, -0.05) is 11.8 Å². The predicted molar refractivity (Wildman–Crippen MR) is 93.6 cm³/mol. The summed E-state index contributed by atoms with van der Waals surface area (Å²) in [4.78, 5) is 2.58. The highest BCUT2D eigenvalue weighted by atomic mass is 127. The minimum absolute atomic E-state index is 1.21. The molecule has 80 valence electrons. The molecular formula is C8H2Br2I2S3. The summed E-state index contributed by atoms with van der Waals surface area (Å²) < 4.78 is 5.04. The molecule has 2 aromatic rings. The Hall–Kier alpha value is 2.17. The highest BCUT2D eigenvalue weighted by Crippen LogP contribution is 2.44. The third kappa shape index (κ3) is 3.57. The largest absolute Gasteiger partial charge is 0.121 e. The lowest BCUT2D eigenvalue weighted by Crippen LogP contribution is -1.66. The van der Waals surface area contributed by atoms with Gasteiger partial charge in [-0.3, -0.25) is 0 Å². The van der Waals surface area contributed by atoms with Gasteiger partial charge in [-0.25, -0.2) is 0 Å². The molecule has 0 fully saturated rings. The lowest BCUT2D eigenvalue weighted by molar-refractivity contribution is 1.46. The van der Waals surface area contributed by atoms with Crippen molar-refractivity contribution in [1.29, 1.82) is 0 Å². The summed E-state index contributed by atoms with van der Waals surface area (Å²) in [6.45, 7) is 0. The Morgan fingerprint density at radius 1 is 0.933 bits per heavy atom. The van der Waals surface area contributed by atoms with Crippen LogP contribution in [0.25, 0.3) is 0 Å². The fraction of sp³-hybridized carbons (Fsp3) is 0. The molecule has 0 N–H and O–H groups in total. The average Bonchev–Trinajstić information content (AvgIpc) is 2.58. The Morgan fingerprint density at radius 2 is 1.33 bits per heavy atom. The van der Waals surface area contributed by atoms with Crippen molar-refractivity contribution in [3.8, 4) is 0 Å². The van der Waals surface area contributed by atoms with Gasteiger partial charge >= 0.3 is 0 Å². The number of thiophene rings is 2. The maximum absolute atomic E-state index is 3.59. The summed E-state index contributed by atoms with van der Waals surface area (Å²) in [7, 11) is 0. The van der Waals surface area contributed by atoms with Crippen LogP contribution in [-0.4, -0.2) is 0 Å². The van der Waals surface area contributed by atoms with E-state index in [1.807, 2.05) is 0 Å². The monoisotopic (exact) mass is 606 g/mol. The second kappa shape index (κ2) is 5.87. The second-order valence-electron chi connectivity index (χ2n) is 2.48. The quantitative estimate of drug-likeness (QED) is 0.343. The number of hydrogen-bond donors (Lipinski definition) is 0. The van der Waals surface area contributed by atoms with Crippen LogP contribution in [0.3, 0.4) is 0 Å². The first-order valence-electron chi connectivity index (χ1n) is 3.64. The standard InChI is InChI=1S/C8H2Br2I2S3/c9-7-3(1-5(11)14-7)13-4-2-6(12)15-8(4)10/h1-2H. The van der Waals surface area contributed by atoms with Crippen LogP contribution in [0.1, 0.15) is 0 Å². The van der Waals surface area contributed by atoms with Gasteiger partial charge in [0.1, 0.15) is 0 Å². The zero-order chi connectivity index (χ0) is 11.0. The van der Waals surface area contributed by atoms with Crippen molar-refractivity contribution in [3.05, 3.63) is 25.5 Å². The molecule has 0 atom stereocenters. The fourth-order valence-electron chi connectivity index (χ4n) is 0.908. The third-order valence-corrected chi connectivity index (χ3v) is 8.53. The summed E-state index contributed by atoms with van der Waals surface area (Å²) in [5, 5.41) is 0. The number of halogens is 4. The predicted octanol–water partition coefficient (Wildman–Crippen LogP) is 6.70. The first-order valence-corrected chi connectivity index (χ1v) is 9.83. The van der Waals surface area contributed by atoms with Crippen LogP contribution < -0.4 is 0 Å². The van der Waals surface area contributed by atoms with Gasteiger partial charge in [-0.15, -0.1) is 22.7 Å². The van der Waals surface area contributed by atoms with Gasteiger partial charge in [0, 0.05) is 9.79 Å². The summed E-state index contributed by atoms with van der Waals surface area (Å²) >= 11 is 17.2. The van der Waals surface area contributed by atoms with Crippen LogP contribution in [-0.2, 0) is 0 Å². The smallest absolute Gasteiger partial charge is 0.0849 e. The van der Waals surface area contributed by atoms with E-state index in [2.05, 4.69) is 89.2 Å². The molecule has 2 heterocycles. The van der Waals surface area contributed by atoms with Gasteiger partial charge in [0.25, 0.3) is 0 Å². The van der Waals surface area contributed by atoms with E-state index in [0.29, 0.717) is 0 Å². The minimum atomic E-state index is 1.21. The molecule has 2 aromatic heterocycles. The van der Waals surface area contributed by atoms with Crippen molar-refractivity contribution in [2.24, 2.45) is 0 Å². The van der Waals surface area contributed by atoms with Crippen LogP contribution in [0.2, 0.25) is 0 Å². The molecule has 15 heavy (non-hydrogen) atoms. The molecule has 0 saturated carbocycles. The molecule has 0 radical (unpaired) electrons. The van der Waals surface area contributed by atoms with E-state index in [0.717, 1.165) is 0 Å². The zero-order valence-electron chi connectivity index (χ0n) is 6.89. The van der Waals surface area contributed by atoms with Gasteiger partial charge in [0.15, 0.2) is 0 Å². The second-order valence-corrected chi connectivity index (χ2v) is 12.1. The van der Waals surface area contributed by atoms with Gasteiger partial charge < -0.3 is 0 Å². The molecule has 0 amide bonds. The highest BCUT2D eigenvalue weighted by Gasteiger charge is 2.11. The Labute approximate surface area is 144 Å². The molecule has 2 rings (SSSR count). The normalized spacial score (nSPS) is 10.9. The van der Waals surface area contributed by atoms with Gasteiger partial charge in [0.05, 0.1) is 13.3 Å². The van der Waals surface area contributed by atoms with Crippen LogP contribution >= 0.6 is 111 Å². The Balaban J connectivity index is 2.29. The maximum Gasteiger partial charge on any atom is 0.0849 e. The summed E-state index contributed by atoms with van der Waals surface area (Å²) in [5.41, 5.74) is 0. The van der Waals surface area contributed by atoms with E-state index in [1.165, 1.54) is 23.1 Å². The van der Waals surface area contributed by atoms with Crippen molar-refractivity contribution >= 4 is 111 Å². The van der Waals surface area contributed by atoms with Crippen LogP contribution in [0.15, 0.2) is 29.5 Å². The Bertz CT molecular complexity index is 448. The summed E-state index contributed by atoms with van der Waals surface area (Å²) in [6.07, 6.45) is 0. The molecular weight excluding hydrogens is 606 g/mol. The van der Waals surface area contributed by atoms with Gasteiger partial charge in [-0.05, 0) is 89.2 Å². The van der Waals surface area contributed by atoms with Crippen molar-refractivity contribution in [1.82, 2.24) is 0 Å². The molecule has 0 aliphatic heterocycles. The van der Waals surface area contributed by atoms with Crippen LogP contribution in [0, 0.1) is 5.77 Å². The first-order chi connectivity index (χ1) is 7.06. The van der Waals surface area contributed by atoms with E-state index in [4.69, 9.17) is 0 Å². The Morgan fingerprint density at radius 3 is 1.60 bits per heavy atom. The third-order valence-electron chi connectivity index (χ3n) is 1.47. The topological polar surface area (TPSA) is 0 Å². The SMILES string of the molecule is Brc1sc(I)cc1Sc1cc(I)sc1Br. The van der Waals surface area contributed by atoms with Gasteiger partial charge in [0.2, 0.25) is 0 Å². The van der Waals surface area contributed by atoms with Crippen LogP contribution in [0.5, 0.6) is 0 Å². The van der Waals surface area contributed by atoms with Crippen molar-refractivity contribution in [2.75, 3.05) is 0 Å². The van der Waals surface area contributed by atoms with Crippen molar-refractivity contribution < 1.29 is 0 Å². The molecule has 0 unspecified atom stereocenters. The zero-order valence-corrected chi connectivity index (χ0v) is 16.8. The number of hydrogen-bond acceptors (Lipinski definition) is 3. The minimum Gasteiger partial charge on any atom is -0.121 e. The van der Waals surface area contributed by atoms with E-state index in [-0.39, 0.29) is 0 Å². The molecule has 7 heteroatoms. The fourth-order valence-corrected chi connectivity index (χ4v) is 9.27. The maximum atomic E-state index is 3.59. The molecule has 0 saturated heterocycles. The average molecular weight is 608 g/mol. The summed E-state index contributed by atoms with van der Waals surface area (Å²) in [6, 6.07) is 4.41. The highest BCUT2D eigenvalue weighted by molar-refractivity contribution is 14.1. The van der Waals surface area contributed by atoms with Crippen molar-refractivity contribution in [3.63, 3.8) is 0 Å². The molecule has 0 aromatic carbocycles. The Kier molecular flexibility index (Phi) is 5.32. The lowest BCUT2D eigenvalue weighted by atomic mass is 10.7. The van der Waals surface area contributed by atoms with E-state index < -0.39 is 0 Å². The van der Waals surface area contributed by atoms with Gasteiger partial charge in [-0.2, -0.15) is 0 Å². The first kappa shape index (κ1) is 13.6. The summed E-state index contributed by atoms with van der Waals surface area (Å²) in [5.74, 6) is 0. The van der Waals surface area contributed by atoms with Crippen molar-refractivity contribution in [2.45, 2.75) is 9.79 Å². The number of rotatable bonds is 2. The van der Waals surface area contributed by atoms with E-state index >= 15 is 0 Å². The lowest BCUT2D eigenvalue weighted by Gasteiger charge is -1.96. The molecule has 0 nitrogen and oxygen atoms in total. The van der Waals surface area contributed by atoms with E-state index in [1.54, 1.807) is 34.4 Å². The van der Waals surface area contributed by atoms with E-state index in [9.17, 15) is 0 Å². The van der Waals surface area contributed by atoms with Crippen LogP contribution in [0.4, 0.5) is 0 Å². The molecule has 0 bridgehead atoms. The molecule has 0 aliphatic rings. The molecule has 0 spiro atoms. The molecule has 0 aliphatic carbocycles.